The van der Waals surface area contributed by atoms with Gasteiger partial charge in [-0.25, -0.2) is 14.2 Å². The molecule has 1 aromatic heterocycles. The van der Waals surface area contributed by atoms with Crippen LogP contribution in [0.5, 0.6) is 0 Å². The summed E-state index contributed by atoms with van der Waals surface area (Å²) in [7, 11) is 0. The van der Waals surface area contributed by atoms with Gasteiger partial charge in [-0.15, -0.1) is 11.3 Å². The van der Waals surface area contributed by atoms with Gasteiger partial charge in [0.15, 0.2) is 0 Å². The van der Waals surface area contributed by atoms with E-state index >= 15 is 0 Å². The second-order valence-electron chi connectivity index (χ2n) is 6.42. The number of anilines is 1. The number of aromatic nitrogens is 1. The third kappa shape index (κ3) is 4.86. The summed E-state index contributed by atoms with van der Waals surface area (Å²) >= 11 is 1.59. The van der Waals surface area contributed by atoms with Gasteiger partial charge in [-0.3, -0.25) is 0 Å². The molecular formula is C23H18FN3OS. The third-order valence-electron chi connectivity index (χ3n) is 4.31. The molecule has 6 heteroatoms. The Morgan fingerprint density at radius 3 is 2.48 bits per heavy atom. The van der Waals surface area contributed by atoms with Gasteiger partial charge in [-0.05, 0) is 29.8 Å². The monoisotopic (exact) mass is 403 g/mol. The molecule has 4 nitrogen and oxygen atoms in total. The second kappa shape index (κ2) is 8.67. The quantitative estimate of drug-likeness (QED) is 0.433. The first-order valence-corrected chi connectivity index (χ1v) is 9.96. The van der Waals surface area contributed by atoms with Gasteiger partial charge in [-0.1, -0.05) is 54.6 Å². The third-order valence-corrected chi connectivity index (χ3v) is 5.20. The van der Waals surface area contributed by atoms with Crippen molar-refractivity contribution in [3.63, 3.8) is 0 Å². The van der Waals surface area contributed by atoms with Gasteiger partial charge in [0.25, 0.3) is 0 Å². The Morgan fingerprint density at radius 1 is 0.931 bits per heavy atom. The Hall–Kier alpha value is -3.51. The van der Waals surface area contributed by atoms with Gasteiger partial charge in [-0.2, -0.15) is 0 Å². The molecule has 0 radical (unpaired) electrons. The van der Waals surface area contributed by atoms with E-state index in [0.29, 0.717) is 12.2 Å². The van der Waals surface area contributed by atoms with Gasteiger partial charge >= 0.3 is 6.03 Å². The second-order valence-corrected chi connectivity index (χ2v) is 7.28. The van der Waals surface area contributed by atoms with Crippen molar-refractivity contribution in [2.45, 2.75) is 6.54 Å². The minimum atomic E-state index is -0.324. The largest absolute Gasteiger partial charge is 0.334 e. The van der Waals surface area contributed by atoms with Crippen LogP contribution < -0.4 is 10.6 Å². The lowest BCUT2D eigenvalue weighted by Gasteiger charge is -2.09. The number of halogens is 1. The maximum atomic E-state index is 12.9. The lowest BCUT2D eigenvalue weighted by molar-refractivity contribution is 0.251. The lowest BCUT2D eigenvalue weighted by Crippen LogP contribution is -2.28. The molecule has 144 valence electrons. The zero-order chi connectivity index (χ0) is 20.1. The van der Waals surface area contributed by atoms with E-state index in [1.165, 1.54) is 12.1 Å². The topological polar surface area (TPSA) is 54.0 Å². The van der Waals surface area contributed by atoms with Gasteiger partial charge in [0.05, 0.1) is 5.69 Å². The summed E-state index contributed by atoms with van der Waals surface area (Å²) in [6.07, 6.45) is 0. The van der Waals surface area contributed by atoms with E-state index < -0.39 is 0 Å². The molecular weight excluding hydrogens is 385 g/mol. The summed E-state index contributed by atoms with van der Waals surface area (Å²) in [4.78, 5) is 16.9. The summed E-state index contributed by atoms with van der Waals surface area (Å²) in [6.45, 7) is 0.318. The molecule has 0 atom stereocenters. The van der Waals surface area contributed by atoms with Gasteiger partial charge in [0.1, 0.15) is 10.8 Å². The smallest absolute Gasteiger partial charge is 0.319 e. The van der Waals surface area contributed by atoms with E-state index in [1.807, 2.05) is 60.0 Å². The van der Waals surface area contributed by atoms with Crippen LogP contribution in [-0.4, -0.2) is 11.0 Å². The molecule has 0 bridgehead atoms. The molecule has 0 aliphatic rings. The Balaban J connectivity index is 1.41. The van der Waals surface area contributed by atoms with Gasteiger partial charge < -0.3 is 10.6 Å². The lowest BCUT2D eigenvalue weighted by atomic mass is 10.1. The minimum absolute atomic E-state index is 0.299. The molecule has 0 unspecified atom stereocenters. The standard InChI is InChI=1S/C23H18FN3OS/c24-19-11-9-16(10-12-19)14-25-23(28)26-20-8-4-7-18(13-20)21-15-29-22(27-21)17-5-2-1-3-6-17/h1-13,15H,14H2,(H2,25,26,28). The Morgan fingerprint density at radius 2 is 1.69 bits per heavy atom. The predicted molar refractivity (Wildman–Crippen MR) is 115 cm³/mol. The van der Waals surface area contributed by atoms with Crippen molar-refractivity contribution in [3.05, 3.63) is 95.6 Å². The number of nitrogens with zero attached hydrogens (tertiary/aromatic N) is 1. The summed E-state index contributed by atoms with van der Waals surface area (Å²) in [6, 6.07) is 23.3. The summed E-state index contributed by atoms with van der Waals surface area (Å²) in [5.74, 6) is -0.299. The van der Waals surface area contributed by atoms with E-state index in [1.54, 1.807) is 23.5 Å². The van der Waals surface area contributed by atoms with Crippen molar-refractivity contribution < 1.29 is 9.18 Å². The maximum absolute atomic E-state index is 12.9. The predicted octanol–water partition coefficient (Wildman–Crippen LogP) is 5.94. The zero-order valence-electron chi connectivity index (χ0n) is 15.4. The van der Waals surface area contributed by atoms with Crippen LogP contribution >= 0.6 is 11.3 Å². The molecule has 0 spiro atoms. The van der Waals surface area contributed by atoms with E-state index in [-0.39, 0.29) is 11.8 Å². The first-order valence-electron chi connectivity index (χ1n) is 9.08. The van der Waals surface area contributed by atoms with Gasteiger partial charge in [0, 0.05) is 28.7 Å². The number of hydrogen-bond donors (Lipinski definition) is 2. The molecule has 0 aliphatic carbocycles. The highest BCUT2D eigenvalue weighted by Gasteiger charge is 2.08. The molecule has 1 heterocycles. The van der Waals surface area contributed by atoms with Crippen molar-refractivity contribution >= 4 is 23.1 Å². The van der Waals surface area contributed by atoms with Crippen molar-refractivity contribution in [2.75, 3.05) is 5.32 Å². The summed E-state index contributed by atoms with van der Waals surface area (Å²) in [5, 5.41) is 8.55. The van der Waals surface area contributed by atoms with Crippen LogP contribution in [0, 0.1) is 5.82 Å². The van der Waals surface area contributed by atoms with Crippen molar-refractivity contribution in [1.29, 1.82) is 0 Å². The van der Waals surface area contributed by atoms with Gasteiger partial charge in [0.2, 0.25) is 0 Å². The Bertz CT molecular complexity index is 1110. The SMILES string of the molecule is O=C(NCc1ccc(F)cc1)Nc1cccc(-c2csc(-c3ccccc3)n2)c1. The van der Waals surface area contributed by atoms with E-state index in [4.69, 9.17) is 4.98 Å². The Labute approximate surface area is 172 Å². The number of hydrogen-bond acceptors (Lipinski definition) is 3. The maximum Gasteiger partial charge on any atom is 0.319 e. The van der Waals surface area contributed by atoms with E-state index in [2.05, 4.69) is 10.6 Å². The fourth-order valence-corrected chi connectivity index (χ4v) is 3.67. The summed E-state index contributed by atoms with van der Waals surface area (Å²) in [5.41, 5.74) is 4.38. The number of rotatable bonds is 5. The molecule has 0 saturated heterocycles. The van der Waals surface area contributed by atoms with E-state index in [0.717, 1.165) is 27.4 Å². The van der Waals surface area contributed by atoms with Crippen LogP contribution in [-0.2, 0) is 6.54 Å². The van der Waals surface area contributed by atoms with Crippen LogP contribution in [0.3, 0.4) is 0 Å². The first kappa shape index (κ1) is 18.8. The van der Waals surface area contributed by atoms with Crippen LogP contribution in [0.1, 0.15) is 5.56 Å². The molecule has 3 aromatic carbocycles. The van der Waals surface area contributed by atoms with E-state index in [9.17, 15) is 9.18 Å². The fraction of sp³-hybridized carbons (Fsp3) is 0.0435. The molecule has 4 rings (SSSR count). The van der Waals surface area contributed by atoms with Crippen LogP contribution in [0.25, 0.3) is 21.8 Å². The average Bonchev–Trinajstić information content (AvgIpc) is 3.25. The number of benzene rings is 3. The Kier molecular flexibility index (Phi) is 5.63. The van der Waals surface area contributed by atoms with Crippen LogP contribution in [0.15, 0.2) is 84.2 Å². The van der Waals surface area contributed by atoms with Crippen molar-refractivity contribution in [3.8, 4) is 21.8 Å². The van der Waals surface area contributed by atoms with Crippen LogP contribution in [0.2, 0.25) is 0 Å². The molecule has 4 aromatic rings. The highest BCUT2D eigenvalue weighted by Crippen LogP contribution is 2.29. The molecule has 0 fully saturated rings. The van der Waals surface area contributed by atoms with Crippen molar-refractivity contribution in [1.82, 2.24) is 10.3 Å². The molecule has 29 heavy (non-hydrogen) atoms. The number of amides is 2. The minimum Gasteiger partial charge on any atom is -0.334 e. The molecule has 0 saturated carbocycles. The first-order chi connectivity index (χ1) is 14.2. The number of carbonyl (C=O) groups excluding carboxylic acids is 1. The molecule has 2 amide bonds. The number of nitrogens with one attached hydrogen (secondary N) is 2. The summed E-state index contributed by atoms with van der Waals surface area (Å²) < 4.78 is 12.9. The normalized spacial score (nSPS) is 10.5. The number of thiazole rings is 1. The van der Waals surface area contributed by atoms with Crippen molar-refractivity contribution in [2.24, 2.45) is 0 Å². The number of urea groups is 1. The zero-order valence-corrected chi connectivity index (χ0v) is 16.2. The highest BCUT2D eigenvalue weighted by molar-refractivity contribution is 7.13. The molecule has 2 N–H and O–H groups in total. The molecule has 0 aliphatic heterocycles. The average molecular weight is 403 g/mol. The highest BCUT2D eigenvalue weighted by atomic mass is 32.1. The van der Waals surface area contributed by atoms with Crippen LogP contribution in [0.4, 0.5) is 14.9 Å². The fourth-order valence-electron chi connectivity index (χ4n) is 2.84. The number of carbonyl (C=O) groups is 1.